The van der Waals surface area contributed by atoms with E-state index in [2.05, 4.69) is 15.4 Å². The number of phenols is 1. The minimum Gasteiger partial charge on any atom is -0.508 e. The third kappa shape index (κ3) is 9.88. The van der Waals surface area contributed by atoms with Crippen LogP contribution in [0, 0.1) is 11.3 Å². The predicted molar refractivity (Wildman–Crippen MR) is 125 cm³/mol. The van der Waals surface area contributed by atoms with E-state index in [1.54, 1.807) is 26.8 Å². The molecule has 0 saturated heterocycles. The Bertz CT molecular complexity index is 997. The van der Waals surface area contributed by atoms with Crippen LogP contribution in [0.3, 0.4) is 0 Å². The van der Waals surface area contributed by atoms with Gasteiger partial charge in [0.15, 0.2) is 0 Å². The number of alkyl carbamates (subject to hydrolysis) is 1. The van der Waals surface area contributed by atoms with Crippen molar-refractivity contribution in [1.29, 1.82) is 5.26 Å². The van der Waals surface area contributed by atoms with Gasteiger partial charge in [-0.05, 0) is 44.9 Å². The van der Waals surface area contributed by atoms with Crippen LogP contribution in [0.5, 0.6) is 5.75 Å². The Balaban J connectivity index is 3.42. The van der Waals surface area contributed by atoms with Crippen molar-refractivity contribution < 1.29 is 38.6 Å². The van der Waals surface area contributed by atoms with Crippen LogP contribution in [-0.2, 0) is 28.7 Å². The number of amides is 4. The third-order valence-electron chi connectivity index (χ3n) is 4.60. The highest BCUT2D eigenvalue weighted by atomic mass is 16.6. The van der Waals surface area contributed by atoms with Crippen molar-refractivity contribution in [3.63, 3.8) is 0 Å². The molecule has 13 heteroatoms. The number of carbonyl (C=O) groups is 5. The summed E-state index contributed by atoms with van der Waals surface area (Å²) in [5.41, 5.74) is 4.52. The summed E-state index contributed by atoms with van der Waals surface area (Å²) in [4.78, 5) is 62.8. The molecule has 36 heavy (non-hydrogen) atoms. The molecule has 2 unspecified atom stereocenters. The zero-order chi connectivity index (χ0) is 27.5. The predicted octanol–water partition coefficient (Wildman–Crippen LogP) is 0.233. The second kappa shape index (κ2) is 13.5. The van der Waals surface area contributed by atoms with E-state index in [1.807, 2.05) is 0 Å². The molecule has 1 aromatic carbocycles. The molecule has 1 aromatic rings. The van der Waals surface area contributed by atoms with E-state index in [1.165, 1.54) is 24.3 Å². The molecule has 0 fully saturated rings. The number of hydrogen-bond acceptors (Lipinski definition) is 9. The maximum absolute atomic E-state index is 13.6. The molecule has 0 aromatic heterocycles. The van der Waals surface area contributed by atoms with Crippen LogP contribution in [0.1, 0.15) is 45.2 Å². The molecular weight excluding hydrogens is 474 g/mol. The van der Waals surface area contributed by atoms with E-state index < -0.39 is 60.6 Å². The number of nitrogens with one attached hydrogen (secondary N) is 2. The van der Waals surface area contributed by atoms with E-state index in [0.29, 0.717) is 0 Å². The minimum absolute atomic E-state index is 0.114. The number of hydrogen-bond donors (Lipinski definition) is 4. The van der Waals surface area contributed by atoms with Crippen molar-refractivity contribution in [2.24, 2.45) is 5.73 Å². The summed E-state index contributed by atoms with van der Waals surface area (Å²) >= 11 is 0. The molecule has 13 nitrogen and oxygen atoms in total. The fourth-order valence-electron chi connectivity index (χ4n) is 3.02. The Morgan fingerprint density at radius 2 is 1.78 bits per heavy atom. The summed E-state index contributed by atoms with van der Waals surface area (Å²) in [5.74, 6) is -3.32. The number of nitrogens with zero attached hydrogens (tertiary/aromatic N) is 2. The van der Waals surface area contributed by atoms with Gasteiger partial charge in [-0.15, -0.1) is 0 Å². The van der Waals surface area contributed by atoms with Crippen LogP contribution >= 0.6 is 0 Å². The van der Waals surface area contributed by atoms with Crippen LogP contribution in [-0.4, -0.2) is 71.6 Å². The van der Waals surface area contributed by atoms with E-state index in [4.69, 9.17) is 10.5 Å². The summed E-state index contributed by atoms with van der Waals surface area (Å²) in [6, 6.07) is 4.23. The number of nitrogens with two attached hydrogens (primary N) is 1. The highest BCUT2D eigenvalue weighted by Gasteiger charge is 2.36. The number of ether oxygens (including phenoxy) is 2. The molecule has 5 N–H and O–H groups in total. The zero-order valence-electron chi connectivity index (χ0n) is 20.6. The molecule has 0 radical (unpaired) electrons. The zero-order valence-corrected chi connectivity index (χ0v) is 20.6. The summed E-state index contributed by atoms with van der Waals surface area (Å²) in [6.45, 7) is 3.72. The van der Waals surface area contributed by atoms with E-state index in [0.717, 1.165) is 12.0 Å². The van der Waals surface area contributed by atoms with Gasteiger partial charge < -0.3 is 35.8 Å². The fourth-order valence-corrected chi connectivity index (χ4v) is 3.02. The van der Waals surface area contributed by atoms with Gasteiger partial charge in [-0.25, -0.2) is 4.79 Å². The maximum atomic E-state index is 13.6. The van der Waals surface area contributed by atoms with Gasteiger partial charge in [-0.3, -0.25) is 19.2 Å². The second-order valence-corrected chi connectivity index (χ2v) is 8.62. The van der Waals surface area contributed by atoms with Gasteiger partial charge in [0, 0.05) is 6.42 Å². The van der Waals surface area contributed by atoms with Crippen LogP contribution in [0.15, 0.2) is 24.3 Å². The van der Waals surface area contributed by atoms with Gasteiger partial charge in [0.05, 0.1) is 13.2 Å². The van der Waals surface area contributed by atoms with Gasteiger partial charge in [0.1, 0.15) is 36.5 Å². The molecule has 0 aliphatic carbocycles. The van der Waals surface area contributed by atoms with Gasteiger partial charge in [-0.2, -0.15) is 5.26 Å². The van der Waals surface area contributed by atoms with E-state index in [-0.39, 0.29) is 24.2 Å². The number of primary amides is 1. The van der Waals surface area contributed by atoms with Crippen LogP contribution in [0.25, 0.3) is 0 Å². The Kier molecular flexibility index (Phi) is 11.2. The van der Waals surface area contributed by atoms with Crippen LogP contribution in [0.4, 0.5) is 4.79 Å². The maximum Gasteiger partial charge on any atom is 0.408 e. The lowest BCUT2D eigenvalue weighted by Gasteiger charge is -2.32. The molecule has 1 rings (SSSR count). The Labute approximate surface area is 208 Å². The average Bonchev–Trinajstić information content (AvgIpc) is 2.79. The van der Waals surface area contributed by atoms with Crippen molar-refractivity contribution >= 4 is 29.8 Å². The lowest BCUT2D eigenvalue weighted by Crippen LogP contribution is -2.53. The summed E-state index contributed by atoms with van der Waals surface area (Å²) in [5, 5.41) is 23.8. The normalized spacial score (nSPS) is 12.3. The average molecular weight is 506 g/mol. The first-order chi connectivity index (χ1) is 16.8. The number of benzene rings is 1. The van der Waals surface area contributed by atoms with Crippen molar-refractivity contribution in [2.75, 3.05) is 20.2 Å². The second-order valence-electron chi connectivity index (χ2n) is 8.62. The fraction of sp³-hybridized carbons (Fsp3) is 0.478. The molecule has 0 aliphatic heterocycles. The largest absolute Gasteiger partial charge is 0.508 e. The molecule has 2 atom stereocenters. The molecule has 0 saturated carbocycles. The molecular formula is C23H31N5O8. The lowest BCUT2D eigenvalue weighted by molar-refractivity contribution is -0.144. The first kappa shape index (κ1) is 29.7. The van der Waals surface area contributed by atoms with Crippen molar-refractivity contribution in [3.8, 4) is 11.8 Å². The van der Waals surface area contributed by atoms with Crippen molar-refractivity contribution in [1.82, 2.24) is 15.5 Å². The number of aromatic hydroxyl groups is 1. The van der Waals surface area contributed by atoms with Crippen molar-refractivity contribution in [2.45, 2.75) is 51.3 Å². The van der Waals surface area contributed by atoms with E-state index >= 15 is 0 Å². The topological polar surface area (TPSA) is 201 Å². The monoisotopic (exact) mass is 505 g/mol. The third-order valence-corrected chi connectivity index (χ3v) is 4.60. The van der Waals surface area contributed by atoms with Crippen LogP contribution < -0.4 is 16.4 Å². The van der Waals surface area contributed by atoms with E-state index in [9.17, 15) is 34.3 Å². The number of nitriles is 1. The number of rotatable bonds is 11. The molecule has 4 amide bonds. The highest BCUT2D eigenvalue weighted by molar-refractivity contribution is 5.93. The summed E-state index contributed by atoms with van der Waals surface area (Å²) in [6.07, 6.45) is -1.48. The van der Waals surface area contributed by atoms with Crippen molar-refractivity contribution in [3.05, 3.63) is 29.8 Å². The summed E-state index contributed by atoms with van der Waals surface area (Å²) in [7, 11) is 1.13. The molecule has 0 spiro atoms. The molecule has 0 heterocycles. The number of phenolic OH excluding ortho intramolecular Hbond substituents is 1. The van der Waals surface area contributed by atoms with Gasteiger partial charge >= 0.3 is 12.1 Å². The number of methoxy groups -OCH3 is 1. The molecule has 0 aliphatic rings. The van der Waals surface area contributed by atoms with Gasteiger partial charge in [-0.1, -0.05) is 12.1 Å². The molecule has 0 bridgehead atoms. The van der Waals surface area contributed by atoms with Gasteiger partial charge in [0.2, 0.25) is 17.7 Å². The van der Waals surface area contributed by atoms with Gasteiger partial charge in [0.25, 0.3) is 0 Å². The quantitative estimate of drug-likeness (QED) is 0.240. The summed E-state index contributed by atoms with van der Waals surface area (Å²) < 4.78 is 9.70. The Hall–Kier alpha value is -4.34. The number of carbonyl (C=O) groups excluding carboxylic acids is 5. The SMILES string of the molecule is COC(=O)CNC(=O)C(c1ccc(O)cc1)N(CC#N)C(=O)C(CCC(N)=O)NC(=O)OC(C)(C)C. The first-order valence-electron chi connectivity index (χ1n) is 10.9. The smallest absolute Gasteiger partial charge is 0.408 e. The molecule has 196 valence electrons. The standard InChI is InChI=1S/C23H31N5O8/c1-23(2,3)36-22(34)27-16(9-10-17(25)30)21(33)28(12-11-24)19(14-5-7-15(29)8-6-14)20(32)26-13-18(31)35-4/h5-8,16,19,29H,9-10,12-13H2,1-4H3,(H2,25,30)(H,26,32)(H,27,34). The first-order valence-corrected chi connectivity index (χ1v) is 10.9. The Morgan fingerprint density at radius 1 is 1.17 bits per heavy atom. The highest BCUT2D eigenvalue weighted by Crippen LogP contribution is 2.25. The Morgan fingerprint density at radius 3 is 2.28 bits per heavy atom. The number of esters is 1. The lowest BCUT2D eigenvalue weighted by atomic mass is 10.0. The minimum atomic E-state index is -1.45. The van der Waals surface area contributed by atoms with Crippen LogP contribution in [0.2, 0.25) is 0 Å².